The van der Waals surface area contributed by atoms with E-state index >= 15 is 0 Å². The molecular weight excluding hydrogens is 409 g/mol. The molecule has 1 aromatic heterocycles. The second-order valence-electron chi connectivity index (χ2n) is 4.96. The zero-order valence-electron chi connectivity index (χ0n) is 14.8. The molecule has 0 atom stereocenters. The van der Waals surface area contributed by atoms with Crippen molar-refractivity contribution in [2.75, 3.05) is 43.6 Å². The summed E-state index contributed by atoms with van der Waals surface area (Å²) in [6.45, 7) is 3.42. The van der Waals surface area contributed by atoms with Gasteiger partial charge in [0.15, 0.2) is 6.61 Å². The first-order chi connectivity index (χ1) is 12.7. The molecule has 0 aliphatic rings. The molecule has 0 aliphatic heterocycles. The minimum absolute atomic E-state index is 0.0382. The molecule has 0 aliphatic carbocycles. The Morgan fingerprint density at radius 2 is 1.81 bits per heavy atom. The fraction of sp³-hybridized carbons (Fsp3) is 0.692. The molecule has 9 nitrogen and oxygen atoms in total. The van der Waals surface area contributed by atoms with Gasteiger partial charge in [-0.25, -0.2) is 9.47 Å². The minimum Gasteiger partial charge on any atom is -0.440 e. The monoisotopic (exact) mass is 430 g/mol. The third-order valence-electron chi connectivity index (χ3n) is 3.04. The standard InChI is InChI=1S/C13H21F3N6O3S2/c1-3-21(4-2)9(23)7-27-11-20-19-10(22(11)17)26-6-5-18-12(24)25-8-13(14,15)16/h3-8,17H2,1-2H3,(H,18,24). The molecule has 27 heavy (non-hydrogen) atoms. The number of rotatable bonds is 10. The van der Waals surface area contributed by atoms with Gasteiger partial charge in [0, 0.05) is 25.4 Å². The molecule has 3 N–H and O–H groups in total. The number of ether oxygens (including phenoxy) is 1. The Balaban J connectivity index is 2.35. The first-order valence-electron chi connectivity index (χ1n) is 7.89. The molecule has 0 unspecified atom stereocenters. The molecule has 0 radical (unpaired) electrons. The Hall–Kier alpha value is -1.83. The van der Waals surface area contributed by atoms with Crippen molar-refractivity contribution in [3.63, 3.8) is 0 Å². The molecule has 0 fully saturated rings. The maximum atomic E-state index is 12.0. The van der Waals surface area contributed by atoms with Crippen LogP contribution < -0.4 is 11.2 Å². The number of carbonyl (C=O) groups is 2. The molecule has 14 heteroatoms. The highest BCUT2D eigenvalue weighted by Crippen LogP contribution is 2.20. The lowest BCUT2D eigenvalue weighted by Crippen LogP contribution is -2.32. The van der Waals surface area contributed by atoms with E-state index in [0.717, 1.165) is 23.5 Å². The van der Waals surface area contributed by atoms with Gasteiger partial charge in [0.25, 0.3) is 0 Å². The van der Waals surface area contributed by atoms with Crippen molar-refractivity contribution in [3.8, 4) is 0 Å². The van der Waals surface area contributed by atoms with E-state index < -0.39 is 18.9 Å². The number of nitrogens with zero attached hydrogens (tertiary/aromatic N) is 4. The van der Waals surface area contributed by atoms with Gasteiger partial charge in [-0.1, -0.05) is 23.5 Å². The third-order valence-corrected chi connectivity index (χ3v) is 4.92. The smallest absolute Gasteiger partial charge is 0.422 e. The van der Waals surface area contributed by atoms with Gasteiger partial charge in [-0.05, 0) is 13.8 Å². The zero-order valence-corrected chi connectivity index (χ0v) is 16.4. The number of carbonyl (C=O) groups excluding carboxylic acids is 2. The number of aromatic nitrogens is 3. The number of hydrogen-bond acceptors (Lipinski definition) is 8. The van der Waals surface area contributed by atoms with Gasteiger partial charge in [0.1, 0.15) is 0 Å². The van der Waals surface area contributed by atoms with Crippen molar-refractivity contribution in [1.82, 2.24) is 25.1 Å². The average Bonchev–Trinajstić information content (AvgIpc) is 2.95. The van der Waals surface area contributed by atoms with Gasteiger partial charge in [-0.2, -0.15) is 13.2 Å². The predicted octanol–water partition coefficient (Wildman–Crippen LogP) is 1.33. The summed E-state index contributed by atoms with van der Waals surface area (Å²) in [7, 11) is 0. The molecule has 2 amide bonds. The Bertz CT molecular complexity index is 625. The number of thioether (sulfide) groups is 2. The van der Waals surface area contributed by atoms with Crippen LogP contribution in [0.15, 0.2) is 10.3 Å². The summed E-state index contributed by atoms with van der Waals surface area (Å²) in [5.74, 6) is 6.28. The quantitative estimate of drug-likeness (QED) is 0.325. The fourth-order valence-electron chi connectivity index (χ4n) is 1.75. The maximum Gasteiger partial charge on any atom is 0.422 e. The van der Waals surface area contributed by atoms with Crippen LogP contribution in [0.4, 0.5) is 18.0 Å². The van der Waals surface area contributed by atoms with Gasteiger partial charge in [-0.3, -0.25) is 4.79 Å². The van der Waals surface area contributed by atoms with Crippen LogP contribution in [0.5, 0.6) is 0 Å². The zero-order chi connectivity index (χ0) is 20.4. The lowest BCUT2D eigenvalue weighted by molar-refractivity contribution is -0.160. The Kier molecular flexibility index (Phi) is 9.55. The second kappa shape index (κ2) is 11.1. The normalized spacial score (nSPS) is 11.3. The predicted molar refractivity (Wildman–Crippen MR) is 95.0 cm³/mol. The van der Waals surface area contributed by atoms with Gasteiger partial charge in [0.2, 0.25) is 16.2 Å². The molecule has 0 spiro atoms. The van der Waals surface area contributed by atoms with E-state index in [4.69, 9.17) is 5.84 Å². The van der Waals surface area contributed by atoms with E-state index in [9.17, 15) is 22.8 Å². The third kappa shape index (κ3) is 8.60. The molecule has 0 aromatic carbocycles. The summed E-state index contributed by atoms with van der Waals surface area (Å²) >= 11 is 2.30. The summed E-state index contributed by atoms with van der Waals surface area (Å²) in [6, 6.07) is 0. The molecule has 0 saturated heterocycles. The first-order valence-corrected chi connectivity index (χ1v) is 9.86. The maximum absolute atomic E-state index is 12.0. The topological polar surface area (TPSA) is 115 Å². The number of nitrogens with one attached hydrogen (secondary N) is 1. The van der Waals surface area contributed by atoms with Crippen LogP contribution in [0.2, 0.25) is 0 Å². The summed E-state index contributed by atoms with van der Waals surface area (Å²) in [5, 5.41) is 10.7. The van der Waals surface area contributed by atoms with E-state index in [0.29, 0.717) is 29.2 Å². The van der Waals surface area contributed by atoms with Gasteiger partial charge >= 0.3 is 12.3 Å². The van der Waals surface area contributed by atoms with E-state index in [1.54, 1.807) is 4.90 Å². The van der Waals surface area contributed by atoms with Crippen molar-refractivity contribution < 1.29 is 27.5 Å². The van der Waals surface area contributed by atoms with Crippen LogP contribution in [0, 0.1) is 0 Å². The number of alkyl carbamates (subject to hydrolysis) is 1. The van der Waals surface area contributed by atoms with Crippen LogP contribution in [-0.2, 0) is 9.53 Å². The highest BCUT2D eigenvalue weighted by molar-refractivity contribution is 8.00. The lowest BCUT2D eigenvalue weighted by Gasteiger charge is -2.17. The van der Waals surface area contributed by atoms with Crippen molar-refractivity contribution in [2.24, 2.45) is 0 Å². The number of alkyl halides is 3. The Labute approximate surface area is 162 Å². The summed E-state index contributed by atoms with van der Waals surface area (Å²) in [5.41, 5.74) is 0. The number of nitrogens with two attached hydrogens (primary N) is 1. The van der Waals surface area contributed by atoms with Crippen molar-refractivity contribution in [3.05, 3.63) is 0 Å². The van der Waals surface area contributed by atoms with Crippen LogP contribution in [0.25, 0.3) is 0 Å². The van der Waals surface area contributed by atoms with Crippen LogP contribution in [-0.4, -0.2) is 75.7 Å². The molecule has 1 aromatic rings. The molecule has 0 saturated carbocycles. The largest absolute Gasteiger partial charge is 0.440 e. The van der Waals surface area contributed by atoms with Gasteiger partial charge in [0.05, 0.1) is 5.75 Å². The Morgan fingerprint density at radius 1 is 1.22 bits per heavy atom. The SMILES string of the molecule is CCN(CC)C(=O)CSc1nnc(SCCNC(=O)OCC(F)(F)F)n1N. The van der Waals surface area contributed by atoms with Crippen LogP contribution in [0.3, 0.4) is 0 Å². The molecule has 0 bridgehead atoms. The van der Waals surface area contributed by atoms with E-state index in [1.807, 2.05) is 13.8 Å². The molecule has 154 valence electrons. The first kappa shape index (κ1) is 23.2. The number of halogens is 3. The van der Waals surface area contributed by atoms with Crippen molar-refractivity contribution >= 4 is 35.5 Å². The summed E-state index contributed by atoms with van der Waals surface area (Å²) in [4.78, 5) is 24.7. The second-order valence-corrected chi connectivity index (χ2v) is 6.96. The highest BCUT2D eigenvalue weighted by atomic mass is 32.2. The number of hydrogen-bond donors (Lipinski definition) is 2. The van der Waals surface area contributed by atoms with E-state index in [-0.39, 0.29) is 18.2 Å². The van der Waals surface area contributed by atoms with Crippen molar-refractivity contribution in [2.45, 2.75) is 30.3 Å². The summed E-state index contributed by atoms with van der Waals surface area (Å²) < 4.78 is 40.9. The van der Waals surface area contributed by atoms with Crippen molar-refractivity contribution in [1.29, 1.82) is 0 Å². The van der Waals surface area contributed by atoms with E-state index in [2.05, 4.69) is 20.3 Å². The van der Waals surface area contributed by atoms with E-state index in [1.165, 1.54) is 4.68 Å². The number of nitrogen functional groups attached to an aromatic ring is 1. The molecule has 1 rings (SSSR count). The van der Waals surface area contributed by atoms with Gasteiger partial charge in [-0.15, -0.1) is 10.2 Å². The Morgan fingerprint density at radius 3 is 2.37 bits per heavy atom. The van der Waals surface area contributed by atoms with Crippen LogP contribution >= 0.6 is 23.5 Å². The average molecular weight is 430 g/mol. The van der Waals surface area contributed by atoms with Crippen LogP contribution in [0.1, 0.15) is 13.8 Å². The summed E-state index contributed by atoms with van der Waals surface area (Å²) in [6.07, 6.45) is -5.73. The molecular formula is C13H21F3N6O3S2. The van der Waals surface area contributed by atoms with Gasteiger partial charge < -0.3 is 20.8 Å². The minimum atomic E-state index is -4.57. The fourth-order valence-corrected chi connectivity index (χ4v) is 3.28. The number of amides is 2. The lowest BCUT2D eigenvalue weighted by atomic mass is 10.5. The highest BCUT2D eigenvalue weighted by Gasteiger charge is 2.29. The molecule has 1 heterocycles.